The second-order valence-corrected chi connectivity index (χ2v) is 4.76. The average Bonchev–Trinajstić information content (AvgIpc) is 2.39. The molecule has 0 aromatic heterocycles. The topological polar surface area (TPSA) is 57.5 Å². The molecule has 0 bridgehead atoms. The SMILES string of the molecule is O=C(O)C1(c2ccccc2CO)CCCCC1. The molecule has 0 unspecified atom stereocenters. The summed E-state index contributed by atoms with van der Waals surface area (Å²) in [5.41, 5.74) is 0.768. The van der Waals surface area contributed by atoms with Gasteiger partial charge in [-0.25, -0.2) is 0 Å². The van der Waals surface area contributed by atoms with Crippen molar-refractivity contribution in [3.63, 3.8) is 0 Å². The van der Waals surface area contributed by atoms with Crippen molar-refractivity contribution < 1.29 is 15.0 Å². The fourth-order valence-corrected chi connectivity index (χ4v) is 2.88. The molecule has 2 rings (SSSR count). The molecule has 92 valence electrons. The number of rotatable bonds is 3. The number of benzene rings is 1. The molecule has 2 N–H and O–H groups in total. The van der Waals surface area contributed by atoms with Gasteiger partial charge in [0.2, 0.25) is 0 Å². The van der Waals surface area contributed by atoms with Crippen LogP contribution in [0.1, 0.15) is 43.2 Å². The van der Waals surface area contributed by atoms with E-state index in [1.165, 1.54) is 0 Å². The summed E-state index contributed by atoms with van der Waals surface area (Å²) in [6.45, 7) is -0.0921. The number of carboxylic acid groups (broad SMARTS) is 1. The monoisotopic (exact) mass is 234 g/mol. The van der Waals surface area contributed by atoms with Crippen molar-refractivity contribution >= 4 is 5.97 Å². The third kappa shape index (κ3) is 2.07. The Kier molecular flexibility index (Phi) is 3.48. The third-order valence-corrected chi connectivity index (χ3v) is 3.82. The Morgan fingerprint density at radius 3 is 2.41 bits per heavy atom. The van der Waals surface area contributed by atoms with Crippen molar-refractivity contribution in [3.05, 3.63) is 35.4 Å². The molecule has 1 fully saturated rings. The first-order valence-electron chi connectivity index (χ1n) is 6.13. The zero-order chi connectivity index (χ0) is 12.3. The molecule has 3 nitrogen and oxygen atoms in total. The quantitative estimate of drug-likeness (QED) is 0.844. The van der Waals surface area contributed by atoms with Crippen LogP contribution in [0.2, 0.25) is 0 Å². The molecule has 1 aliphatic carbocycles. The van der Waals surface area contributed by atoms with Crippen molar-refractivity contribution in [1.82, 2.24) is 0 Å². The molecule has 0 aliphatic heterocycles. The highest BCUT2D eigenvalue weighted by Crippen LogP contribution is 2.41. The van der Waals surface area contributed by atoms with Gasteiger partial charge in [0.1, 0.15) is 0 Å². The number of hydrogen-bond acceptors (Lipinski definition) is 2. The Labute approximate surface area is 101 Å². The van der Waals surface area contributed by atoms with Crippen molar-refractivity contribution in [3.8, 4) is 0 Å². The van der Waals surface area contributed by atoms with E-state index in [0.717, 1.165) is 30.4 Å². The predicted molar refractivity (Wildman–Crippen MR) is 64.8 cm³/mol. The number of carbonyl (C=O) groups is 1. The van der Waals surface area contributed by atoms with Crippen LogP contribution in [-0.2, 0) is 16.8 Å². The number of aliphatic hydroxyl groups excluding tert-OH is 1. The lowest BCUT2D eigenvalue weighted by molar-refractivity contribution is -0.145. The van der Waals surface area contributed by atoms with E-state index in [-0.39, 0.29) is 6.61 Å². The fraction of sp³-hybridized carbons (Fsp3) is 0.500. The van der Waals surface area contributed by atoms with Crippen LogP contribution in [0, 0.1) is 0 Å². The van der Waals surface area contributed by atoms with E-state index in [2.05, 4.69) is 0 Å². The molecule has 0 amide bonds. The Bertz CT molecular complexity index is 406. The first-order valence-corrected chi connectivity index (χ1v) is 6.13. The number of carboxylic acids is 1. The summed E-state index contributed by atoms with van der Waals surface area (Å²) in [4.78, 5) is 11.7. The van der Waals surface area contributed by atoms with Gasteiger partial charge in [0.05, 0.1) is 12.0 Å². The van der Waals surface area contributed by atoms with Gasteiger partial charge in [-0.05, 0) is 24.0 Å². The first-order chi connectivity index (χ1) is 8.20. The van der Waals surface area contributed by atoms with Crippen molar-refractivity contribution in [1.29, 1.82) is 0 Å². The Balaban J connectivity index is 2.48. The van der Waals surface area contributed by atoms with E-state index in [0.29, 0.717) is 12.8 Å². The van der Waals surface area contributed by atoms with Crippen LogP contribution in [0.5, 0.6) is 0 Å². The van der Waals surface area contributed by atoms with E-state index >= 15 is 0 Å². The summed E-state index contributed by atoms with van der Waals surface area (Å²) in [6.07, 6.45) is 4.37. The molecular formula is C14H18O3. The molecule has 1 saturated carbocycles. The van der Waals surface area contributed by atoms with Crippen molar-refractivity contribution in [2.45, 2.75) is 44.1 Å². The minimum absolute atomic E-state index is 0.0921. The largest absolute Gasteiger partial charge is 0.481 e. The van der Waals surface area contributed by atoms with Crippen molar-refractivity contribution in [2.24, 2.45) is 0 Å². The standard InChI is InChI=1S/C14H18O3/c15-10-11-6-2-3-7-12(11)14(13(16)17)8-4-1-5-9-14/h2-3,6-7,15H,1,4-5,8-10H2,(H,16,17). The van der Waals surface area contributed by atoms with Crippen LogP contribution in [0.15, 0.2) is 24.3 Å². The summed E-state index contributed by atoms with van der Waals surface area (Å²) in [7, 11) is 0. The second-order valence-electron chi connectivity index (χ2n) is 4.76. The second kappa shape index (κ2) is 4.88. The number of aliphatic hydroxyl groups is 1. The summed E-state index contributed by atoms with van der Waals surface area (Å²) < 4.78 is 0. The van der Waals surface area contributed by atoms with Gasteiger partial charge in [0, 0.05) is 0 Å². The van der Waals surface area contributed by atoms with E-state index < -0.39 is 11.4 Å². The average molecular weight is 234 g/mol. The summed E-state index contributed by atoms with van der Waals surface area (Å²) in [5, 5.41) is 18.9. The molecule has 1 aliphatic rings. The van der Waals surface area contributed by atoms with E-state index in [4.69, 9.17) is 0 Å². The maximum atomic E-state index is 11.7. The van der Waals surface area contributed by atoms with Crippen LogP contribution < -0.4 is 0 Å². The van der Waals surface area contributed by atoms with E-state index in [1.54, 1.807) is 0 Å². The Hall–Kier alpha value is -1.35. The lowest BCUT2D eigenvalue weighted by Gasteiger charge is -2.34. The van der Waals surface area contributed by atoms with E-state index in [9.17, 15) is 15.0 Å². The van der Waals surface area contributed by atoms with Crippen LogP contribution in [0.3, 0.4) is 0 Å². The van der Waals surface area contributed by atoms with E-state index in [1.807, 2.05) is 24.3 Å². The van der Waals surface area contributed by atoms with Crippen LogP contribution in [-0.4, -0.2) is 16.2 Å². The molecule has 0 spiro atoms. The minimum Gasteiger partial charge on any atom is -0.481 e. The van der Waals surface area contributed by atoms with Crippen LogP contribution >= 0.6 is 0 Å². The minimum atomic E-state index is -0.780. The molecular weight excluding hydrogens is 216 g/mol. The maximum absolute atomic E-state index is 11.7. The summed E-state index contributed by atoms with van der Waals surface area (Å²) >= 11 is 0. The fourth-order valence-electron chi connectivity index (χ4n) is 2.88. The normalized spacial score (nSPS) is 18.9. The first kappa shape index (κ1) is 12.1. The highest BCUT2D eigenvalue weighted by molar-refractivity contribution is 5.82. The van der Waals surface area contributed by atoms with Gasteiger partial charge in [0.25, 0.3) is 0 Å². The highest BCUT2D eigenvalue weighted by Gasteiger charge is 2.42. The maximum Gasteiger partial charge on any atom is 0.314 e. The van der Waals surface area contributed by atoms with Crippen LogP contribution in [0.4, 0.5) is 0 Å². The molecule has 1 aromatic carbocycles. The lowest BCUT2D eigenvalue weighted by atomic mass is 9.68. The van der Waals surface area contributed by atoms with Gasteiger partial charge in [-0.2, -0.15) is 0 Å². The smallest absolute Gasteiger partial charge is 0.314 e. The zero-order valence-electron chi connectivity index (χ0n) is 9.85. The lowest BCUT2D eigenvalue weighted by Crippen LogP contribution is -2.38. The van der Waals surface area contributed by atoms with Gasteiger partial charge < -0.3 is 10.2 Å². The van der Waals surface area contributed by atoms with Crippen molar-refractivity contribution in [2.75, 3.05) is 0 Å². The van der Waals surface area contributed by atoms with Gasteiger partial charge in [-0.1, -0.05) is 43.5 Å². The number of aliphatic carboxylic acids is 1. The third-order valence-electron chi connectivity index (χ3n) is 3.82. The van der Waals surface area contributed by atoms with Gasteiger partial charge >= 0.3 is 5.97 Å². The predicted octanol–water partition coefficient (Wildman–Crippen LogP) is 2.47. The Morgan fingerprint density at radius 2 is 1.82 bits per heavy atom. The summed E-state index contributed by atoms with van der Waals surface area (Å²) in [6, 6.07) is 7.36. The molecule has 0 radical (unpaired) electrons. The number of hydrogen-bond donors (Lipinski definition) is 2. The molecule has 0 heterocycles. The summed E-state index contributed by atoms with van der Waals surface area (Å²) in [5.74, 6) is -0.752. The zero-order valence-corrected chi connectivity index (χ0v) is 9.85. The molecule has 0 saturated heterocycles. The molecule has 3 heteroatoms. The van der Waals surface area contributed by atoms with Gasteiger partial charge in [-0.15, -0.1) is 0 Å². The molecule has 1 aromatic rings. The van der Waals surface area contributed by atoms with Crippen LogP contribution in [0.25, 0.3) is 0 Å². The molecule has 17 heavy (non-hydrogen) atoms. The van der Waals surface area contributed by atoms with Gasteiger partial charge in [-0.3, -0.25) is 4.79 Å². The Morgan fingerprint density at radius 1 is 1.18 bits per heavy atom. The molecule has 0 atom stereocenters. The highest BCUT2D eigenvalue weighted by atomic mass is 16.4. The van der Waals surface area contributed by atoms with Gasteiger partial charge in [0.15, 0.2) is 0 Å².